The molecule has 1 heterocycles. The number of guanidine groups is 1. The summed E-state index contributed by atoms with van der Waals surface area (Å²) >= 11 is 2.04. The van der Waals surface area contributed by atoms with Crippen molar-refractivity contribution in [2.24, 2.45) is 10.9 Å². The number of aliphatic hydroxyl groups is 1. The topological polar surface area (TPSA) is 66.3 Å². The smallest absolute Gasteiger partial charge is 0.194 e. The van der Waals surface area contributed by atoms with E-state index in [0.29, 0.717) is 22.7 Å². The molecule has 0 saturated carbocycles. The maximum absolute atomic E-state index is 10.6. The molecule has 1 fully saturated rings. The van der Waals surface area contributed by atoms with E-state index in [4.69, 9.17) is 14.5 Å². The highest BCUT2D eigenvalue weighted by Gasteiger charge is 2.25. The molecular weight excluding hydrogens is 362 g/mol. The first-order valence-corrected chi connectivity index (χ1v) is 10.6. The number of hydrogen-bond acceptors (Lipinski definition) is 5. The van der Waals surface area contributed by atoms with Gasteiger partial charge in [-0.3, -0.25) is 4.99 Å². The van der Waals surface area contributed by atoms with Crippen molar-refractivity contribution in [2.45, 2.75) is 32.1 Å². The van der Waals surface area contributed by atoms with E-state index in [-0.39, 0.29) is 6.54 Å². The minimum Gasteiger partial charge on any atom is -0.497 e. The third-order valence-electron chi connectivity index (χ3n) is 4.64. The Morgan fingerprint density at radius 1 is 1.30 bits per heavy atom. The highest BCUT2D eigenvalue weighted by Crippen LogP contribution is 2.27. The molecule has 0 radical (unpaired) electrons. The van der Waals surface area contributed by atoms with E-state index < -0.39 is 6.10 Å². The molecule has 0 spiro atoms. The van der Waals surface area contributed by atoms with E-state index in [9.17, 15) is 5.11 Å². The Morgan fingerprint density at radius 3 is 2.52 bits per heavy atom. The molecule has 6 nitrogen and oxygen atoms in total. The highest BCUT2D eigenvalue weighted by atomic mass is 32.2. The fourth-order valence-corrected chi connectivity index (χ4v) is 4.30. The molecule has 0 aromatic heterocycles. The Bertz CT molecular complexity index is 602. The van der Waals surface area contributed by atoms with Gasteiger partial charge in [0.2, 0.25) is 0 Å². The van der Waals surface area contributed by atoms with Crippen molar-refractivity contribution in [1.29, 1.82) is 0 Å². The Morgan fingerprint density at radius 2 is 1.96 bits per heavy atom. The van der Waals surface area contributed by atoms with Crippen molar-refractivity contribution < 1.29 is 14.6 Å². The average Bonchev–Trinajstić information content (AvgIpc) is 2.70. The van der Waals surface area contributed by atoms with Crippen LogP contribution in [-0.4, -0.2) is 67.4 Å². The normalized spacial score (nSPS) is 19.1. The van der Waals surface area contributed by atoms with Gasteiger partial charge in [0.1, 0.15) is 11.5 Å². The van der Waals surface area contributed by atoms with Gasteiger partial charge in [-0.25, -0.2) is 0 Å². The molecule has 1 aliphatic rings. The lowest BCUT2D eigenvalue weighted by Crippen LogP contribution is -2.49. The monoisotopic (exact) mass is 395 g/mol. The van der Waals surface area contributed by atoms with Crippen molar-refractivity contribution >= 4 is 17.7 Å². The lowest BCUT2D eigenvalue weighted by atomic mass is 10.1. The van der Waals surface area contributed by atoms with Crippen molar-refractivity contribution in [2.75, 3.05) is 46.2 Å². The fourth-order valence-electron chi connectivity index (χ4n) is 3.00. The van der Waals surface area contributed by atoms with Crippen LogP contribution in [0, 0.1) is 5.92 Å². The number of rotatable bonds is 7. The predicted molar refractivity (Wildman–Crippen MR) is 113 cm³/mol. The van der Waals surface area contributed by atoms with Crippen LogP contribution in [0.25, 0.3) is 0 Å². The van der Waals surface area contributed by atoms with E-state index in [1.807, 2.05) is 23.9 Å². The maximum Gasteiger partial charge on any atom is 0.194 e. The van der Waals surface area contributed by atoms with Gasteiger partial charge >= 0.3 is 0 Å². The van der Waals surface area contributed by atoms with Gasteiger partial charge in [-0.15, -0.1) is 0 Å². The molecule has 1 aromatic carbocycles. The van der Waals surface area contributed by atoms with Crippen LogP contribution in [0.3, 0.4) is 0 Å². The molecule has 2 rings (SSSR count). The van der Waals surface area contributed by atoms with Crippen LogP contribution in [0.4, 0.5) is 0 Å². The molecular formula is C20H33N3O3S. The largest absolute Gasteiger partial charge is 0.497 e. The van der Waals surface area contributed by atoms with E-state index in [1.54, 1.807) is 20.3 Å². The SMILES string of the molecule is CCNC(=NCC(O)c1cc(OC)cc(OC)c1)N1CCSC(C(C)C)C1. The minimum atomic E-state index is -0.720. The highest BCUT2D eigenvalue weighted by molar-refractivity contribution is 8.00. The van der Waals surface area contributed by atoms with E-state index in [1.165, 1.54) is 0 Å². The molecule has 152 valence electrons. The molecule has 7 heteroatoms. The van der Waals surface area contributed by atoms with Crippen molar-refractivity contribution in [3.05, 3.63) is 23.8 Å². The van der Waals surface area contributed by atoms with Crippen LogP contribution in [0.2, 0.25) is 0 Å². The number of aliphatic imine (C=N–C) groups is 1. The molecule has 2 N–H and O–H groups in total. The second kappa shape index (κ2) is 10.7. The molecule has 0 bridgehead atoms. The van der Waals surface area contributed by atoms with Crippen LogP contribution in [0.1, 0.15) is 32.4 Å². The number of nitrogens with zero attached hydrogens (tertiary/aromatic N) is 2. The Hall–Kier alpha value is -1.60. The maximum atomic E-state index is 10.6. The molecule has 0 amide bonds. The summed E-state index contributed by atoms with van der Waals surface area (Å²) in [5, 5.41) is 14.6. The van der Waals surface area contributed by atoms with Gasteiger partial charge in [0.15, 0.2) is 5.96 Å². The molecule has 1 saturated heterocycles. The molecule has 0 aliphatic carbocycles. The quantitative estimate of drug-likeness (QED) is 0.547. The van der Waals surface area contributed by atoms with Gasteiger partial charge < -0.3 is 24.8 Å². The van der Waals surface area contributed by atoms with E-state index in [0.717, 1.165) is 36.9 Å². The zero-order valence-corrected chi connectivity index (χ0v) is 17.9. The summed E-state index contributed by atoms with van der Waals surface area (Å²) in [5.74, 6) is 3.93. The fraction of sp³-hybridized carbons (Fsp3) is 0.650. The van der Waals surface area contributed by atoms with Crippen molar-refractivity contribution in [3.63, 3.8) is 0 Å². The molecule has 27 heavy (non-hydrogen) atoms. The number of ether oxygens (including phenoxy) is 2. The Balaban J connectivity index is 2.11. The van der Waals surface area contributed by atoms with E-state index >= 15 is 0 Å². The molecule has 1 aliphatic heterocycles. The molecule has 2 atom stereocenters. The number of hydrogen-bond donors (Lipinski definition) is 2. The standard InChI is InChI=1S/C20H33N3O3S/c1-6-21-20(23-7-8-27-19(13-23)14(2)3)22-12-18(24)15-9-16(25-4)11-17(10-15)26-5/h9-11,14,18-19,24H,6-8,12-13H2,1-5H3,(H,21,22). The number of aliphatic hydroxyl groups excluding tert-OH is 1. The second-order valence-electron chi connectivity index (χ2n) is 6.96. The zero-order valence-electron chi connectivity index (χ0n) is 17.1. The first-order chi connectivity index (χ1) is 13.0. The predicted octanol–water partition coefficient (Wildman–Crippen LogP) is 2.78. The summed E-state index contributed by atoms with van der Waals surface area (Å²) in [6, 6.07) is 5.44. The lowest BCUT2D eigenvalue weighted by molar-refractivity contribution is 0.185. The number of nitrogens with one attached hydrogen (secondary N) is 1. The van der Waals surface area contributed by atoms with Crippen molar-refractivity contribution in [1.82, 2.24) is 10.2 Å². The summed E-state index contributed by atoms with van der Waals surface area (Å²) in [5.41, 5.74) is 0.736. The summed E-state index contributed by atoms with van der Waals surface area (Å²) in [6.45, 7) is 9.65. The first kappa shape index (κ1) is 21.7. The molecule has 1 aromatic rings. The van der Waals surface area contributed by atoms with Gasteiger partial charge in [-0.2, -0.15) is 11.8 Å². The third kappa shape index (κ3) is 6.21. The summed E-state index contributed by atoms with van der Waals surface area (Å²) in [4.78, 5) is 7.02. The molecule has 2 unspecified atom stereocenters. The lowest BCUT2D eigenvalue weighted by Gasteiger charge is -2.36. The average molecular weight is 396 g/mol. The number of thioether (sulfide) groups is 1. The van der Waals surface area contributed by atoms with Crippen LogP contribution in [-0.2, 0) is 0 Å². The van der Waals surface area contributed by atoms with Crippen LogP contribution in [0.5, 0.6) is 11.5 Å². The zero-order chi connectivity index (χ0) is 19.8. The van der Waals surface area contributed by atoms with Gasteiger partial charge in [-0.1, -0.05) is 13.8 Å². The second-order valence-corrected chi connectivity index (χ2v) is 8.30. The Kier molecular flexibility index (Phi) is 8.57. The number of methoxy groups -OCH3 is 2. The van der Waals surface area contributed by atoms with Gasteiger partial charge in [0, 0.05) is 36.7 Å². The van der Waals surface area contributed by atoms with E-state index in [2.05, 4.69) is 31.0 Å². The van der Waals surface area contributed by atoms with Crippen LogP contribution >= 0.6 is 11.8 Å². The number of benzene rings is 1. The first-order valence-electron chi connectivity index (χ1n) is 9.54. The summed E-state index contributed by atoms with van der Waals surface area (Å²) in [6.07, 6.45) is -0.720. The third-order valence-corrected chi connectivity index (χ3v) is 6.18. The van der Waals surface area contributed by atoms with Gasteiger partial charge in [-0.05, 0) is 30.5 Å². The van der Waals surface area contributed by atoms with Crippen LogP contribution in [0.15, 0.2) is 23.2 Å². The van der Waals surface area contributed by atoms with Crippen molar-refractivity contribution in [3.8, 4) is 11.5 Å². The van der Waals surface area contributed by atoms with Gasteiger partial charge in [0.05, 0.1) is 26.9 Å². The van der Waals surface area contributed by atoms with Gasteiger partial charge in [0.25, 0.3) is 0 Å². The summed E-state index contributed by atoms with van der Waals surface area (Å²) < 4.78 is 10.6. The van der Waals surface area contributed by atoms with Crippen LogP contribution < -0.4 is 14.8 Å². The minimum absolute atomic E-state index is 0.286. The Labute approximate surface area is 167 Å². The summed E-state index contributed by atoms with van der Waals surface area (Å²) in [7, 11) is 3.21.